The Bertz CT molecular complexity index is 456. The van der Waals surface area contributed by atoms with Crippen molar-refractivity contribution in [1.29, 1.82) is 0 Å². The molecule has 2 unspecified atom stereocenters. The van der Waals surface area contributed by atoms with Gasteiger partial charge in [0.1, 0.15) is 0 Å². The van der Waals surface area contributed by atoms with Gasteiger partial charge in [0, 0.05) is 32.0 Å². The van der Waals surface area contributed by atoms with Gasteiger partial charge in [-0.15, -0.1) is 0 Å². The van der Waals surface area contributed by atoms with Crippen molar-refractivity contribution >= 4 is 5.69 Å². The number of hydrogen-bond donors (Lipinski definition) is 1. The smallest absolute Gasteiger partial charge is 0.250 e. The molecule has 1 fully saturated rings. The predicted octanol–water partition coefficient (Wildman–Crippen LogP) is 2.63. The number of anilines is 1. The van der Waals surface area contributed by atoms with Crippen LogP contribution in [0.1, 0.15) is 39.0 Å². The Balaban J connectivity index is 2.02. The summed E-state index contributed by atoms with van der Waals surface area (Å²) in [7, 11) is 1.79. The van der Waals surface area contributed by atoms with Gasteiger partial charge in [0.25, 0.3) is 5.56 Å². The molecule has 0 spiro atoms. The van der Waals surface area contributed by atoms with Crippen molar-refractivity contribution in [3.05, 3.63) is 28.7 Å². The Morgan fingerprint density at radius 2 is 2.26 bits per heavy atom. The molecule has 1 N–H and O–H groups in total. The number of methoxy groups -OCH3 is 1. The van der Waals surface area contributed by atoms with E-state index >= 15 is 0 Å². The Labute approximate surface area is 114 Å². The third kappa shape index (κ3) is 3.83. The van der Waals surface area contributed by atoms with Gasteiger partial charge in [-0.05, 0) is 38.2 Å². The van der Waals surface area contributed by atoms with Crippen LogP contribution in [-0.4, -0.2) is 23.8 Å². The monoisotopic (exact) mass is 264 g/mol. The Hall–Kier alpha value is -1.29. The first-order valence-corrected chi connectivity index (χ1v) is 7.22. The van der Waals surface area contributed by atoms with E-state index < -0.39 is 0 Å². The van der Waals surface area contributed by atoms with Crippen LogP contribution >= 0.6 is 0 Å². The second-order valence-corrected chi connectivity index (χ2v) is 5.31. The molecule has 0 aliphatic heterocycles. The predicted molar refractivity (Wildman–Crippen MR) is 77.7 cm³/mol. The van der Waals surface area contributed by atoms with Crippen molar-refractivity contribution in [3.8, 4) is 0 Å². The highest BCUT2D eigenvalue weighted by atomic mass is 16.5. The average molecular weight is 264 g/mol. The first-order chi connectivity index (χ1) is 9.22. The van der Waals surface area contributed by atoms with E-state index in [1.165, 1.54) is 12.8 Å². The van der Waals surface area contributed by atoms with E-state index in [-0.39, 0.29) is 5.56 Å². The molecule has 1 aliphatic carbocycles. The van der Waals surface area contributed by atoms with Gasteiger partial charge in [0.2, 0.25) is 0 Å². The third-order valence-corrected chi connectivity index (χ3v) is 3.78. The van der Waals surface area contributed by atoms with Gasteiger partial charge >= 0.3 is 0 Å². The molecule has 1 aromatic heterocycles. The summed E-state index contributed by atoms with van der Waals surface area (Å²) < 4.78 is 7.22. The van der Waals surface area contributed by atoms with E-state index in [0.29, 0.717) is 12.1 Å². The molecule has 4 heteroatoms. The molecule has 2 atom stereocenters. The van der Waals surface area contributed by atoms with Gasteiger partial charge in [0.05, 0.1) is 11.8 Å². The molecule has 4 nitrogen and oxygen atoms in total. The third-order valence-electron chi connectivity index (χ3n) is 3.78. The summed E-state index contributed by atoms with van der Waals surface area (Å²) in [5.41, 5.74) is 1.11. The fraction of sp³-hybridized carbons (Fsp3) is 0.667. The number of aryl methyl sites for hydroxylation is 1. The molecular weight excluding hydrogens is 240 g/mol. The number of aromatic nitrogens is 1. The minimum atomic E-state index is 0.0748. The minimum absolute atomic E-state index is 0.0748. The lowest BCUT2D eigenvalue weighted by Gasteiger charge is -2.29. The highest BCUT2D eigenvalue weighted by Crippen LogP contribution is 2.23. The number of rotatable bonds is 5. The summed E-state index contributed by atoms with van der Waals surface area (Å²) in [6.45, 7) is 2.86. The van der Waals surface area contributed by atoms with Crippen molar-refractivity contribution in [3.63, 3.8) is 0 Å². The first-order valence-electron chi connectivity index (χ1n) is 7.22. The molecule has 1 aliphatic rings. The average Bonchev–Trinajstić information content (AvgIpc) is 2.43. The van der Waals surface area contributed by atoms with Crippen molar-refractivity contribution in [2.24, 2.45) is 0 Å². The molecule has 1 heterocycles. The highest BCUT2D eigenvalue weighted by molar-refractivity contribution is 5.41. The number of nitrogens with zero attached hydrogens (tertiary/aromatic N) is 1. The van der Waals surface area contributed by atoms with Crippen LogP contribution in [0, 0.1) is 0 Å². The van der Waals surface area contributed by atoms with E-state index in [1.807, 2.05) is 12.3 Å². The zero-order chi connectivity index (χ0) is 13.7. The topological polar surface area (TPSA) is 43.3 Å². The number of ether oxygens (including phenoxy) is 1. The maximum absolute atomic E-state index is 11.7. The fourth-order valence-corrected chi connectivity index (χ4v) is 2.76. The summed E-state index contributed by atoms with van der Waals surface area (Å²) in [6, 6.07) is 3.98. The molecule has 1 saturated carbocycles. The lowest BCUT2D eigenvalue weighted by molar-refractivity contribution is 0.0669. The molecule has 0 bridgehead atoms. The van der Waals surface area contributed by atoms with Gasteiger partial charge in [-0.3, -0.25) is 4.79 Å². The zero-order valence-electron chi connectivity index (χ0n) is 11.9. The van der Waals surface area contributed by atoms with Crippen LogP contribution in [0.15, 0.2) is 23.1 Å². The fourth-order valence-electron chi connectivity index (χ4n) is 2.76. The summed E-state index contributed by atoms with van der Waals surface area (Å²) in [5.74, 6) is 0. The molecular formula is C15H24N2O2. The SMILES string of the molecule is CCCn1cc(NC2CCCC(OC)C2)ccc1=O. The van der Waals surface area contributed by atoms with E-state index in [0.717, 1.165) is 31.5 Å². The minimum Gasteiger partial charge on any atom is -0.381 e. The Morgan fingerprint density at radius 1 is 1.42 bits per heavy atom. The number of hydrogen-bond acceptors (Lipinski definition) is 3. The zero-order valence-corrected chi connectivity index (χ0v) is 11.9. The first kappa shape index (κ1) is 14.1. The normalized spacial score (nSPS) is 23.3. The summed E-state index contributed by atoms with van der Waals surface area (Å²) in [4.78, 5) is 11.7. The molecule has 1 aromatic rings. The van der Waals surface area contributed by atoms with E-state index in [4.69, 9.17) is 4.74 Å². The van der Waals surface area contributed by atoms with Crippen molar-refractivity contribution in [1.82, 2.24) is 4.57 Å². The maximum Gasteiger partial charge on any atom is 0.250 e. The molecule has 2 rings (SSSR count). The molecule has 19 heavy (non-hydrogen) atoms. The maximum atomic E-state index is 11.7. The Morgan fingerprint density at radius 3 is 3.00 bits per heavy atom. The van der Waals surface area contributed by atoms with Crippen LogP contribution in [0.5, 0.6) is 0 Å². The van der Waals surface area contributed by atoms with Crippen LogP contribution in [-0.2, 0) is 11.3 Å². The second kappa shape index (κ2) is 6.75. The van der Waals surface area contributed by atoms with Gasteiger partial charge in [-0.25, -0.2) is 0 Å². The van der Waals surface area contributed by atoms with Crippen molar-refractivity contribution in [2.45, 2.75) is 57.7 Å². The van der Waals surface area contributed by atoms with Crippen molar-refractivity contribution in [2.75, 3.05) is 12.4 Å². The summed E-state index contributed by atoms with van der Waals surface area (Å²) >= 11 is 0. The highest BCUT2D eigenvalue weighted by Gasteiger charge is 2.21. The molecule has 0 amide bonds. The molecule has 0 radical (unpaired) electrons. The number of nitrogens with one attached hydrogen (secondary N) is 1. The number of pyridine rings is 1. The second-order valence-electron chi connectivity index (χ2n) is 5.31. The largest absolute Gasteiger partial charge is 0.381 e. The summed E-state index contributed by atoms with van der Waals surface area (Å²) in [6.07, 6.45) is 7.85. The van der Waals surface area contributed by atoms with Crippen LogP contribution in [0.4, 0.5) is 5.69 Å². The van der Waals surface area contributed by atoms with Gasteiger partial charge in [0.15, 0.2) is 0 Å². The van der Waals surface area contributed by atoms with Gasteiger partial charge in [-0.2, -0.15) is 0 Å². The van der Waals surface area contributed by atoms with Crippen LogP contribution in [0.2, 0.25) is 0 Å². The van der Waals surface area contributed by atoms with Crippen LogP contribution < -0.4 is 10.9 Å². The lowest BCUT2D eigenvalue weighted by Crippen LogP contribution is -2.31. The van der Waals surface area contributed by atoms with Gasteiger partial charge < -0.3 is 14.6 Å². The molecule has 106 valence electrons. The van der Waals surface area contributed by atoms with Gasteiger partial charge in [-0.1, -0.05) is 6.92 Å². The van der Waals surface area contributed by atoms with E-state index in [2.05, 4.69) is 12.2 Å². The van der Waals surface area contributed by atoms with Crippen LogP contribution in [0.25, 0.3) is 0 Å². The quantitative estimate of drug-likeness (QED) is 0.889. The molecule has 0 saturated heterocycles. The molecule has 0 aromatic carbocycles. The Kier molecular flexibility index (Phi) is 5.02. The van der Waals surface area contributed by atoms with Crippen molar-refractivity contribution < 1.29 is 4.74 Å². The summed E-state index contributed by atoms with van der Waals surface area (Å²) in [5, 5.41) is 3.53. The van der Waals surface area contributed by atoms with Crippen LogP contribution in [0.3, 0.4) is 0 Å². The lowest BCUT2D eigenvalue weighted by atomic mass is 9.93. The standard InChI is InChI=1S/C15H24N2O2/c1-3-9-17-11-13(7-8-15(17)18)16-12-5-4-6-14(10-12)19-2/h7-8,11-12,14,16H,3-6,9-10H2,1-2H3. The van der Waals surface area contributed by atoms with E-state index in [1.54, 1.807) is 17.7 Å². The van der Waals surface area contributed by atoms with E-state index in [9.17, 15) is 4.79 Å².